The molecule has 1 rings (SSSR count). The van der Waals surface area contributed by atoms with Crippen molar-refractivity contribution in [1.82, 2.24) is 14.7 Å². The summed E-state index contributed by atoms with van der Waals surface area (Å²) >= 11 is 0. The maximum atomic E-state index is 12.3. The number of hydrogen-bond acceptors (Lipinski definition) is 4. The van der Waals surface area contributed by atoms with Gasteiger partial charge in [0, 0.05) is 32.8 Å². The zero-order valence-corrected chi connectivity index (χ0v) is 11.6. The second-order valence-corrected chi connectivity index (χ2v) is 4.89. The lowest BCUT2D eigenvalue weighted by atomic mass is 10.2. The Morgan fingerprint density at radius 1 is 1.63 bits per heavy atom. The van der Waals surface area contributed by atoms with Crippen LogP contribution in [0.2, 0.25) is 0 Å². The molecular formula is C12H21N5O2. The van der Waals surface area contributed by atoms with Gasteiger partial charge in [-0.25, -0.2) is 0 Å². The summed E-state index contributed by atoms with van der Waals surface area (Å²) in [5.74, 6) is 0.369. The highest BCUT2D eigenvalue weighted by atomic mass is 16.4. The van der Waals surface area contributed by atoms with Crippen LogP contribution in [0.1, 0.15) is 30.6 Å². The fourth-order valence-corrected chi connectivity index (χ4v) is 1.73. The van der Waals surface area contributed by atoms with E-state index in [1.54, 1.807) is 29.0 Å². The molecule has 7 heteroatoms. The summed E-state index contributed by atoms with van der Waals surface area (Å²) in [5, 5.41) is 15.4. The van der Waals surface area contributed by atoms with E-state index in [-0.39, 0.29) is 11.7 Å². The summed E-state index contributed by atoms with van der Waals surface area (Å²) in [6, 6.07) is 0. The molecule has 1 aromatic rings. The summed E-state index contributed by atoms with van der Waals surface area (Å²) in [5.41, 5.74) is 5.98. The first-order chi connectivity index (χ1) is 8.93. The Kier molecular flexibility index (Phi) is 5.35. The standard InChI is InChI=1S/C12H21N5O2/c1-9(2)7-17(5-4-11(13)15-19)12(18)10-6-14-16(3)8-10/h6,8-9,19H,4-5,7H2,1-3H3,(H2,13,15). The minimum absolute atomic E-state index is 0.0902. The van der Waals surface area contributed by atoms with Crippen LogP contribution >= 0.6 is 0 Å². The molecule has 0 radical (unpaired) electrons. The van der Waals surface area contributed by atoms with E-state index in [1.807, 2.05) is 13.8 Å². The van der Waals surface area contributed by atoms with Crippen molar-refractivity contribution in [1.29, 1.82) is 0 Å². The average Bonchev–Trinajstić information content (AvgIpc) is 2.79. The van der Waals surface area contributed by atoms with Gasteiger partial charge in [-0.1, -0.05) is 19.0 Å². The Bertz CT molecular complexity index is 453. The molecule has 0 aromatic carbocycles. The van der Waals surface area contributed by atoms with Crippen molar-refractivity contribution in [3.8, 4) is 0 Å². The number of aryl methyl sites for hydroxylation is 1. The normalized spacial score (nSPS) is 11.9. The fourth-order valence-electron chi connectivity index (χ4n) is 1.73. The van der Waals surface area contributed by atoms with Gasteiger partial charge in [0.2, 0.25) is 0 Å². The molecule has 19 heavy (non-hydrogen) atoms. The van der Waals surface area contributed by atoms with E-state index >= 15 is 0 Å². The summed E-state index contributed by atoms with van der Waals surface area (Å²) in [6.07, 6.45) is 3.56. The number of nitrogens with zero attached hydrogens (tertiary/aromatic N) is 4. The van der Waals surface area contributed by atoms with Crippen LogP contribution in [0.3, 0.4) is 0 Å². The lowest BCUT2D eigenvalue weighted by Gasteiger charge is -2.23. The number of carbonyl (C=O) groups excluding carboxylic acids is 1. The van der Waals surface area contributed by atoms with Crippen LogP contribution in [0, 0.1) is 5.92 Å². The molecule has 0 saturated carbocycles. The van der Waals surface area contributed by atoms with Gasteiger partial charge in [0.25, 0.3) is 5.91 Å². The SMILES string of the molecule is CC(C)CN(CCC(N)=NO)C(=O)c1cnn(C)c1. The van der Waals surface area contributed by atoms with Gasteiger partial charge in [-0.15, -0.1) is 0 Å². The van der Waals surface area contributed by atoms with Crippen LogP contribution in [0.5, 0.6) is 0 Å². The van der Waals surface area contributed by atoms with E-state index in [1.165, 1.54) is 0 Å². The highest BCUT2D eigenvalue weighted by molar-refractivity contribution is 5.94. The molecule has 7 nitrogen and oxygen atoms in total. The van der Waals surface area contributed by atoms with Crippen molar-refractivity contribution in [2.45, 2.75) is 20.3 Å². The van der Waals surface area contributed by atoms with Gasteiger partial charge >= 0.3 is 0 Å². The third kappa shape index (κ3) is 4.61. The highest BCUT2D eigenvalue weighted by Gasteiger charge is 2.18. The Balaban J connectivity index is 2.75. The molecule has 3 N–H and O–H groups in total. The van der Waals surface area contributed by atoms with Crippen LogP contribution in [0.4, 0.5) is 0 Å². The van der Waals surface area contributed by atoms with Gasteiger partial charge in [-0.3, -0.25) is 9.48 Å². The van der Waals surface area contributed by atoms with Gasteiger partial charge in [0.1, 0.15) is 5.84 Å². The van der Waals surface area contributed by atoms with E-state index < -0.39 is 0 Å². The van der Waals surface area contributed by atoms with Crippen LogP contribution in [-0.4, -0.2) is 44.7 Å². The van der Waals surface area contributed by atoms with E-state index in [4.69, 9.17) is 10.9 Å². The minimum Gasteiger partial charge on any atom is -0.409 e. The molecule has 106 valence electrons. The number of rotatable bonds is 6. The molecule has 1 aromatic heterocycles. The monoisotopic (exact) mass is 267 g/mol. The molecule has 0 unspecified atom stereocenters. The van der Waals surface area contributed by atoms with Gasteiger partial charge < -0.3 is 15.8 Å². The van der Waals surface area contributed by atoms with Crippen molar-refractivity contribution >= 4 is 11.7 Å². The zero-order valence-electron chi connectivity index (χ0n) is 11.6. The first kappa shape index (κ1) is 15.0. The number of oxime groups is 1. The topological polar surface area (TPSA) is 96.7 Å². The van der Waals surface area contributed by atoms with Crippen molar-refractivity contribution in [2.24, 2.45) is 23.9 Å². The largest absolute Gasteiger partial charge is 0.409 e. The van der Waals surface area contributed by atoms with Gasteiger partial charge in [0.15, 0.2) is 0 Å². The summed E-state index contributed by atoms with van der Waals surface area (Å²) < 4.78 is 1.59. The first-order valence-electron chi connectivity index (χ1n) is 6.18. The average molecular weight is 267 g/mol. The lowest BCUT2D eigenvalue weighted by molar-refractivity contribution is 0.0740. The number of aromatic nitrogens is 2. The molecule has 1 amide bonds. The Morgan fingerprint density at radius 3 is 2.79 bits per heavy atom. The second kappa shape index (κ2) is 6.77. The molecule has 0 aliphatic carbocycles. The van der Waals surface area contributed by atoms with Crippen molar-refractivity contribution in [3.05, 3.63) is 18.0 Å². The molecule has 0 aliphatic rings. The first-order valence-corrected chi connectivity index (χ1v) is 6.18. The molecular weight excluding hydrogens is 246 g/mol. The minimum atomic E-state index is -0.0902. The Morgan fingerprint density at radius 2 is 2.32 bits per heavy atom. The fraction of sp³-hybridized carbons (Fsp3) is 0.583. The van der Waals surface area contributed by atoms with Crippen LogP contribution in [-0.2, 0) is 7.05 Å². The van der Waals surface area contributed by atoms with Crippen LogP contribution in [0.25, 0.3) is 0 Å². The Hall–Kier alpha value is -2.05. The van der Waals surface area contributed by atoms with E-state index in [0.29, 0.717) is 31.0 Å². The summed E-state index contributed by atoms with van der Waals surface area (Å²) in [4.78, 5) is 14.0. The maximum absolute atomic E-state index is 12.3. The second-order valence-electron chi connectivity index (χ2n) is 4.89. The lowest BCUT2D eigenvalue weighted by Crippen LogP contribution is -2.36. The summed E-state index contributed by atoms with van der Waals surface area (Å²) in [7, 11) is 1.76. The van der Waals surface area contributed by atoms with Crippen molar-refractivity contribution in [3.63, 3.8) is 0 Å². The molecule has 0 atom stereocenters. The molecule has 0 aliphatic heterocycles. The van der Waals surface area contributed by atoms with Gasteiger partial charge in [-0.2, -0.15) is 5.10 Å². The molecule has 0 saturated heterocycles. The number of hydrogen-bond donors (Lipinski definition) is 2. The number of nitrogens with two attached hydrogens (primary N) is 1. The van der Waals surface area contributed by atoms with Gasteiger partial charge in [-0.05, 0) is 5.92 Å². The summed E-state index contributed by atoms with van der Waals surface area (Å²) in [6.45, 7) is 5.11. The quantitative estimate of drug-likeness (QED) is 0.342. The maximum Gasteiger partial charge on any atom is 0.257 e. The van der Waals surface area contributed by atoms with Gasteiger partial charge in [0.05, 0.1) is 11.8 Å². The number of amidine groups is 1. The number of carbonyl (C=O) groups is 1. The van der Waals surface area contributed by atoms with E-state index in [0.717, 1.165) is 0 Å². The van der Waals surface area contributed by atoms with Crippen LogP contribution < -0.4 is 5.73 Å². The van der Waals surface area contributed by atoms with Crippen molar-refractivity contribution < 1.29 is 10.0 Å². The predicted octanol–water partition coefficient (Wildman–Crippen LogP) is 0.655. The molecule has 0 bridgehead atoms. The predicted molar refractivity (Wildman–Crippen MR) is 72.0 cm³/mol. The zero-order chi connectivity index (χ0) is 14.4. The third-order valence-electron chi connectivity index (χ3n) is 2.59. The third-order valence-corrected chi connectivity index (χ3v) is 2.59. The molecule has 1 heterocycles. The highest BCUT2D eigenvalue weighted by Crippen LogP contribution is 2.07. The van der Waals surface area contributed by atoms with Crippen molar-refractivity contribution in [2.75, 3.05) is 13.1 Å². The van der Waals surface area contributed by atoms with Crippen LogP contribution in [0.15, 0.2) is 17.5 Å². The number of amides is 1. The Labute approximate surface area is 112 Å². The van der Waals surface area contributed by atoms with E-state index in [9.17, 15) is 4.79 Å². The smallest absolute Gasteiger partial charge is 0.257 e. The molecule has 0 spiro atoms. The molecule has 0 fully saturated rings. The van der Waals surface area contributed by atoms with E-state index in [2.05, 4.69) is 10.3 Å².